The van der Waals surface area contributed by atoms with E-state index >= 15 is 0 Å². The first-order valence-electron chi connectivity index (χ1n) is 7.45. The fraction of sp³-hybridized carbons (Fsp3) is 0.111. The van der Waals surface area contributed by atoms with Gasteiger partial charge < -0.3 is 10.6 Å². The van der Waals surface area contributed by atoms with Gasteiger partial charge in [-0.15, -0.1) is 0 Å². The highest BCUT2D eigenvalue weighted by Crippen LogP contribution is 2.20. The molecule has 3 aromatic rings. The smallest absolute Gasteiger partial charge is 0.229 e. The summed E-state index contributed by atoms with van der Waals surface area (Å²) in [4.78, 5) is 8.87. The molecule has 0 saturated carbocycles. The van der Waals surface area contributed by atoms with E-state index < -0.39 is 0 Å². The van der Waals surface area contributed by atoms with Crippen LogP contribution in [0.4, 0.5) is 21.8 Å². The SMILES string of the molecule is Cc1cc(NCc2ccc(F)cc2)nc(Nc2cccc(Br)c2)n1. The first-order valence-corrected chi connectivity index (χ1v) is 8.24. The van der Waals surface area contributed by atoms with Crippen LogP contribution in [0.2, 0.25) is 0 Å². The van der Waals surface area contributed by atoms with E-state index in [1.807, 2.05) is 37.3 Å². The fourth-order valence-electron chi connectivity index (χ4n) is 2.21. The molecule has 122 valence electrons. The van der Waals surface area contributed by atoms with Crippen LogP contribution in [-0.4, -0.2) is 9.97 Å². The molecule has 0 aliphatic rings. The van der Waals surface area contributed by atoms with Gasteiger partial charge in [-0.25, -0.2) is 9.37 Å². The number of anilines is 3. The molecule has 0 unspecified atom stereocenters. The second-order valence-corrected chi connectivity index (χ2v) is 6.25. The van der Waals surface area contributed by atoms with Gasteiger partial charge in [0.2, 0.25) is 5.95 Å². The maximum atomic E-state index is 12.9. The normalized spacial score (nSPS) is 10.5. The highest BCUT2D eigenvalue weighted by atomic mass is 79.9. The van der Waals surface area contributed by atoms with Crippen LogP contribution in [-0.2, 0) is 6.54 Å². The number of halogens is 2. The molecular formula is C18H16BrFN4. The van der Waals surface area contributed by atoms with Crippen molar-refractivity contribution in [1.29, 1.82) is 0 Å². The van der Waals surface area contributed by atoms with Gasteiger partial charge in [0.1, 0.15) is 11.6 Å². The summed E-state index contributed by atoms with van der Waals surface area (Å²) >= 11 is 3.44. The minimum absolute atomic E-state index is 0.239. The summed E-state index contributed by atoms with van der Waals surface area (Å²) in [5.41, 5.74) is 2.73. The molecule has 0 bridgehead atoms. The Bertz CT molecular complexity index is 837. The number of aromatic nitrogens is 2. The lowest BCUT2D eigenvalue weighted by Crippen LogP contribution is -2.05. The zero-order valence-corrected chi connectivity index (χ0v) is 14.6. The summed E-state index contributed by atoms with van der Waals surface area (Å²) in [6.45, 7) is 2.48. The largest absolute Gasteiger partial charge is 0.366 e. The van der Waals surface area contributed by atoms with Gasteiger partial charge in [-0.1, -0.05) is 34.1 Å². The number of nitrogens with zero attached hydrogens (tertiary/aromatic N) is 2. The summed E-state index contributed by atoms with van der Waals surface area (Å²) in [7, 11) is 0. The van der Waals surface area contributed by atoms with E-state index in [4.69, 9.17) is 0 Å². The monoisotopic (exact) mass is 386 g/mol. The van der Waals surface area contributed by atoms with E-state index in [-0.39, 0.29) is 5.82 Å². The number of rotatable bonds is 5. The van der Waals surface area contributed by atoms with Crippen molar-refractivity contribution >= 4 is 33.4 Å². The third kappa shape index (κ3) is 4.52. The molecule has 4 nitrogen and oxygen atoms in total. The van der Waals surface area contributed by atoms with Gasteiger partial charge in [0.15, 0.2) is 0 Å². The van der Waals surface area contributed by atoms with Crippen molar-refractivity contribution in [3.05, 3.63) is 76.1 Å². The molecule has 3 rings (SSSR count). The highest BCUT2D eigenvalue weighted by molar-refractivity contribution is 9.10. The van der Waals surface area contributed by atoms with E-state index in [2.05, 4.69) is 36.5 Å². The predicted octanol–water partition coefficient (Wildman–Crippen LogP) is 5.04. The zero-order valence-electron chi connectivity index (χ0n) is 13.1. The van der Waals surface area contributed by atoms with Crippen LogP contribution < -0.4 is 10.6 Å². The maximum Gasteiger partial charge on any atom is 0.229 e. The lowest BCUT2D eigenvalue weighted by Gasteiger charge is -2.10. The Balaban J connectivity index is 1.72. The van der Waals surface area contributed by atoms with Crippen LogP contribution in [0.5, 0.6) is 0 Å². The van der Waals surface area contributed by atoms with Gasteiger partial charge in [-0.2, -0.15) is 4.98 Å². The Morgan fingerprint density at radius 3 is 2.58 bits per heavy atom. The van der Waals surface area contributed by atoms with Crippen molar-refractivity contribution in [2.45, 2.75) is 13.5 Å². The van der Waals surface area contributed by atoms with Crippen molar-refractivity contribution < 1.29 is 4.39 Å². The van der Waals surface area contributed by atoms with Gasteiger partial charge in [0.05, 0.1) is 0 Å². The second kappa shape index (κ2) is 7.40. The highest BCUT2D eigenvalue weighted by Gasteiger charge is 2.04. The molecular weight excluding hydrogens is 371 g/mol. The first kappa shape index (κ1) is 16.4. The quantitative estimate of drug-likeness (QED) is 0.644. The average Bonchev–Trinajstić information content (AvgIpc) is 2.54. The van der Waals surface area contributed by atoms with Gasteiger partial charge in [0.25, 0.3) is 0 Å². The Morgan fingerprint density at radius 1 is 1.04 bits per heavy atom. The lowest BCUT2D eigenvalue weighted by molar-refractivity contribution is 0.627. The first-order chi connectivity index (χ1) is 11.6. The van der Waals surface area contributed by atoms with Crippen molar-refractivity contribution in [1.82, 2.24) is 9.97 Å². The molecule has 2 aromatic carbocycles. The topological polar surface area (TPSA) is 49.8 Å². The van der Waals surface area contributed by atoms with E-state index in [1.54, 1.807) is 12.1 Å². The Kier molecular flexibility index (Phi) is 5.05. The summed E-state index contributed by atoms with van der Waals surface area (Å²) in [5, 5.41) is 6.43. The number of nitrogens with one attached hydrogen (secondary N) is 2. The van der Waals surface area contributed by atoms with E-state index in [9.17, 15) is 4.39 Å². The van der Waals surface area contributed by atoms with Crippen molar-refractivity contribution in [3.8, 4) is 0 Å². The molecule has 6 heteroatoms. The minimum Gasteiger partial charge on any atom is -0.366 e. The third-order valence-corrected chi connectivity index (χ3v) is 3.82. The fourth-order valence-corrected chi connectivity index (χ4v) is 2.60. The van der Waals surface area contributed by atoms with E-state index in [1.165, 1.54) is 12.1 Å². The molecule has 0 aliphatic heterocycles. The lowest BCUT2D eigenvalue weighted by atomic mass is 10.2. The second-order valence-electron chi connectivity index (χ2n) is 5.33. The van der Waals surface area contributed by atoms with E-state index in [0.717, 1.165) is 21.4 Å². The number of aryl methyl sites for hydroxylation is 1. The van der Waals surface area contributed by atoms with Crippen LogP contribution in [0.3, 0.4) is 0 Å². The summed E-state index contributed by atoms with van der Waals surface area (Å²) in [6.07, 6.45) is 0. The number of hydrogen-bond donors (Lipinski definition) is 2. The summed E-state index contributed by atoms with van der Waals surface area (Å²) < 4.78 is 13.9. The molecule has 0 amide bonds. The Labute approximate surface area is 148 Å². The molecule has 24 heavy (non-hydrogen) atoms. The molecule has 1 heterocycles. The van der Waals surface area contributed by atoms with Crippen LogP contribution in [0, 0.1) is 12.7 Å². The van der Waals surface area contributed by atoms with Crippen molar-refractivity contribution in [2.24, 2.45) is 0 Å². The molecule has 0 spiro atoms. The number of benzene rings is 2. The summed E-state index contributed by atoms with van der Waals surface area (Å²) in [5.74, 6) is 0.996. The van der Waals surface area contributed by atoms with Crippen LogP contribution in [0.1, 0.15) is 11.3 Å². The van der Waals surface area contributed by atoms with Crippen molar-refractivity contribution in [3.63, 3.8) is 0 Å². The molecule has 1 aromatic heterocycles. The maximum absolute atomic E-state index is 12.9. The van der Waals surface area contributed by atoms with Gasteiger partial charge >= 0.3 is 0 Å². The predicted molar refractivity (Wildman–Crippen MR) is 97.9 cm³/mol. The number of hydrogen-bond acceptors (Lipinski definition) is 4. The standard InChI is InChI=1S/C18H16BrFN4/c1-12-9-17(21-11-13-5-7-15(20)8-6-13)24-18(22-12)23-16-4-2-3-14(19)10-16/h2-10H,11H2,1H3,(H2,21,22,23,24). The molecule has 0 aliphatic carbocycles. The van der Waals surface area contributed by atoms with Crippen molar-refractivity contribution in [2.75, 3.05) is 10.6 Å². The van der Waals surface area contributed by atoms with Crippen LogP contribution in [0.15, 0.2) is 59.1 Å². The van der Waals surface area contributed by atoms with Crippen LogP contribution in [0.25, 0.3) is 0 Å². The molecule has 0 saturated heterocycles. The van der Waals surface area contributed by atoms with Gasteiger partial charge in [-0.05, 0) is 42.8 Å². The van der Waals surface area contributed by atoms with E-state index in [0.29, 0.717) is 18.3 Å². The van der Waals surface area contributed by atoms with Crippen LogP contribution >= 0.6 is 15.9 Å². The van der Waals surface area contributed by atoms with Gasteiger partial charge in [-0.3, -0.25) is 0 Å². The molecule has 0 radical (unpaired) electrons. The van der Waals surface area contributed by atoms with Gasteiger partial charge in [0, 0.05) is 28.5 Å². The minimum atomic E-state index is -0.239. The molecule has 2 N–H and O–H groups in total. The molecule has 0 fully saturated rings. The Hall–Kier alpha value is -2.47. The third-order valence-electron chi connectivity index (χ3n) is 3.32. The Morgan fingerprint density at radius 2 is 1.83 bits per heavy atom. The zero-order chi connectivity index (χ0) is 16.9. The average molecular weight is 387 g/mol. The molecule has 0 atom stereocenters. The summed E-state index contributed by atoms with van der Waals surface area (Å²) in [6, 6.07) is 16.1.